The third-order valence-corrected chi connectivity index (χ3v) is 3.82. The van der Waals surface area contributed by atoms with Crippen molar-refractivity contribution in [2.45, 2.75) is 17.7 Å². The lowest BCUT2D eigenvalue weighted by atomic mass is 10.4. The van der Waals surface area contributed by atoms with Crippen LogP contribution in [0.25, 0.3) is 0 Å². The van der Waals surface area contributed by atoms with Gasteiger partial charge in [0.2, 0.25) is 0 Å². The van der Waals surface area contributed by atoms with Crippen LogP contribution in [0.2, 0.25) is 0 Å². The number of nitrogens with zero attached hydrogens (tertiary/aromatic N) is 2. The van der Waals surface area contributed by atoms with Crippen LogP contribution in [-0.4, -0.2) is 31.0 Å². The largest absolute Gasteiger partial charge is 0.383 e. The zero-order valence-electron chi connectivity index (χ0n) is 9.40. The molecule has 0 amide bonds. The molecule has 1 fully saturated rings. The third-order valence-electron chi connectivity index (χ3n) is 2.67. The van der Waals surface area contributed by atoms with E-state index in [1.54, 1.807) is 7.05 Å². The molecule has 90 valence electrons. The van der Waals surface area contributed by atoms with E-state index in [0.717, 1.165) is 12.8 Å². The van der Waals surface area contributed by atoms with E-state index in [1.165, 1.54) is 17.5 Å². The zero-order valence-corrected chi connectivity index (χ0v) is 10.2. The number of aryl methyl sites for hydroxylation is 1. The molecular weight excluding hydrogens is 228 g/mol. The highest BCUT2D eigenvalue weighted by molar-refractivity contribution is 7.91. The van der Waals surface area contributed by atoms with Crippen LogP contribution in [-0.2, 0) is 16.9 Å². The summed E-state index contributed by atoms with van der Waals surface area (Å²) in [5.41, 5.74) is 5.69. The first-order valence-corrected chi connectivity index (χ1v) is 7.05. The van der Waals surface area contributed by atoms with Gasteiger partial charge in [0.1, 0.15) is 5.82 Å². The van der Waals surface area contributed by atoms with Gasteiger partial charge in [0.15, 0.2) is 20.6 Å². The first kappa shape index (κ1) is 11.3. The van der Waals surface area contributed by atoms with E-state index < -0.39 is 9.84 Å². The number of aromatic nitrogens is 2. The summed E-state index contributed by atoms with van der Waals surface area (Å²) in [6.07, 6.45) is 3.54. The van der Waals surface area contributed by atoms with Crippen LogP contribution in [0.5, 0.6) is 0 Å². The molecule has 0 spiro atoms. The molecule has 0 atom stereocenters. The average Bonchev–Trinajstić information content (AvgIpc) is 2.90. The van der Waals surface area contributed by atoms with Gasteiger partial charge in [-0.25, -0.2) is 13.1 Å². The quantitative estimate of drug-likeness (QED) is 0.791. The maximum atomic E-state index is 11.6. The standard InChI is InChI=1S/C9H16N4O2S/c1-13-8(10)7(16(2,14)15)9(12-13)11-5-6-3-4-6/h6H,3-5,10H2,1-2H3,(H,11,12). The highest BCUT2D eigenvalue weighted by atomic mass is 32.2. The molecule has 2 rings (SSSR count). The number of rotatable bonds is 4. The molecular formula is C9H16N4O2S. The monoisotopic (exact) mass is 244 g/mol. The predicted molar refractivity (Wildman–Crippen MR) is 61.9 cm³/mol. The van der Waals surface area contributed by atoms with Crippen LogP contribution in [0.1, 0.15) is 12.8 Å². The van der Waals surface area contributed by atoms with Crippen molar-refractivity contribution >= 4 is 21.5 Å². The Bertz CT molecular complexity index is 502. The van der Waals surface area contributed by atoms with E-state index in [-0.39, 0.29) is 10.7 Å². The Morgan fingerprint density at radius 2 is 2.19 bits per heavy atom. The van der Waals surface area contributed by atoms with Crippen molar-refractivity contribution < 1.29 is 8.42 Å². The number of hydrogen-bond donors (Lipinski definition) is 2. The fourth-order valence-corrected chi connectivity index (χ4v) is 2.54. The number of nitrogen functional groups attached to an aromatic ring is 1. The van der Waals surface area contributed by atoms with Gasteiger partial charge in [0, 0.05) is 19.8 Å². The number of nitrogens with two attached hydrogens (primary N) is 1. The van der Waals surface area contributed by atoms with Crippen LogP contribution in [0.15, 0.2) is 4.90 Å². The van der Waals surface area contributed by atoms with Crippen molar-refractivity contribution in [3.05, 3.63) is 0 Å². The van der Waals surface area contributed by atoms with Crippen LogP contribution in [0.4, 0.5) is 11.6 Å². The molecule has 0 aliphatic heterocycles. The Morgan fingerprint density at radius 3 is 2.69 bits per heavy atom. The Morgan fingerprint density at radius 1 is 1.56 bits per heavy atom. The molecule has 6 nitrogen and oxygen atoms in total. The van der Waals surface area contributed by atoms with Crippen molar-refractivity contribution in [1.29, 1.82) is 0 Å². The Balaban J connectivity index is 2.31. The maximum absolute atomic E-state index is 11.6. The van der Waals surface area contributed by atoms with E-state index in [4.69, 9.17) is 5.73 Å². The third kappa shape index (κ3) is 2.13. The van der Waals surface area contributed by atoms with Gasteiger partial charge in [-0.15, -0.1) is 0 Å². The molecule has 1 aliphatic carbocycles. The molecule has 0 aromatic carbocycles. The summed E-state index contributed by atoms with van der Waals surface area (Å²) in [6, 6.07) is 0. The van der Waals surface area contributed by atoms with E-state index >= 15 is 0 Å². The molecule has 7 heteroatoms. The molecule has 0 radical (unpaired) electrons. The maximum Gasteiger partial charge on any atom is 0.182 e. The van der Waals surface area contributed by atoms with Crippen molar-refractivity contribution in [1.82, 2.24) is 9.78 Å². The molecule has 0 unspecified atom stereocenters. The van der Waals surface area contributed by atoms with Crippen LogP contribution >= 0.6 is 0 Å². The van der Waals surface area contributed by atoms with E-state index in [9.17, 15) is 8.42 Å². The van der Waals surface area contributed by atoms with Crippen LogP contribution in [0.3, 0.4) is 0 Å². The van der Waals surface area contributed by atoms with E-state index in [2.05, 4.69) is 10.4 Å². The molecule has 16 heavy (non-hydrogen) atoms. The van der Waals surface area contributed by atoms with Gasteiger partial charge in [0.25, 0.3) is 0 Å². The molecule has 0 saturated heterocycles. The van der Waals surface area contributed by atoms with Crippen molar-refractivity contribution in [2.75, 3.05) is 23.9 Å². The topological polar surface area (TPSA) is 90.0 Å². The summed E-state index contributed by atoms with van der Waals surface area (Å²) in [4.78, 5) is 0.107. The summed E-state index contributed by atoms with van der Waals surface area (Å²) in [7, 11) is -1.71. The van der Waals surface area contributed by atoms with E-state index in [0.29, 0.717) is 11.7 Å². The fraction of sp³-hybridized carbons (Fsp3) is 0.667. The minimum absolute atomic E-state index is 0.107. The highest BCUT2D eigenvalue weighted by Crippen LogP contribution is 2.31. The van der Waals surface area contributed by atoms with Crippen LogP contribution in [0, 0.1) is 5.92 Å². The highest BCUT2D eigenvalue weighted by Gasteiger charge is 2.26. The Kier molecular flexibility index (Phi) is 2.57. The lowest BCUT2D eigenvalue weighted by Gasteiger charge is -2.03. The molecule has 1 heterocycles. The van der Waals surface area contributed by atoms with Crippen molar-refractivity contribution in [2.24, 2.45) is 13.0 Å². The summed E-state index contributed by atoms with van der Waals surface area (Å²) >= 11 is 0. The van der Waals surface area contributed by atoms with Gasteiger partial charge >= 0.3 is 0 Å². The summed E-state index contributed by atoms with van der Waals surface area (Å²) < 4.78 is 24.5. The van der Waals surface area contributed by atoms with Gasteiger partial charge in [-0.05, 0) is 18.8 Å². The van der Waals surface area contributed by atoms with Gasteiger partial charge in [-0.3, -0.25) is 0 Å². The number of sulfone groups is 1. The number of nitrogens with one attached hydrogen (secondary N) is 1. The summed E-state index contributed by atoms with van der Waals surface area (Å²) in [5, 5.41) is 7.13. The summed E-state index contributed by atoms with van der Waals surface area (Å²) in [6.45, 7) is 0.763. The minimum atomic E-state index is -3.34. The van der Waals surface area contributed by atoms with E-state index in [1.807, 2.05) is 0 Å². The first-order valence-electron chi connectivity index (χ1n) is 5.16. The fourth-order valence-electron chi connectivity index (χ4n) is 1.56. The van der Waals surface area contributed by atoms with Crippen LogP contribution < -0.4 is 11.1 Å². The molecule has 1 aromatic rings. The molecule has 1 aromatic heterocycles. The second-order valence-corrected chi connectivity index (χ2v) is 6.24. The number of hydrogen-bond acceptors (Lipinski definition) is 5. The minimum Gasteiger partial charge on any atom is -0.383 e. The van der Waals surface area contributed by atoms with Crippen molar-refractivity contribution in [3.8, 4) is 0 Å². The zero-order chi connectivity index (χ0) is 11.9. The Hall–Kier alpha value is -1.24. The number of anilines is 2. The van der Waals surface area contributed by atoms with Gasteiger partial charge < -0.3 is 11.1 Å². The SMILES string of the molecule is Cn1nc(NCC2CC2)c(S(C)(=O)=O)c1N. The molecule has 3 N–H and O–H groups in total. The molecule has 1 aliphatic rings. The second kappa shape index (κ2) is 3.65. The Labute approximate surface area is 94.7 Å². The lowest BCUT2D eigenvalue weighted by Crippen LogP contribution is -2.08. The van der Waals surface area contributed by atoms with Gasteiger partial charge in [-0.2, -0.15) is 5.10 Å². The average molecular weight is 244 g/mol. The smallest absolute Gasteiger partial charge is 0.182 e. The summed E-state index contributed by atoms with van der Waals surface area (Å²) in [5.74, 6) is 1.20. The molecule has 0 bridgehead atoms. The second-order valence-electron chi connectivity index (χ2n) is 4.28. The first-order chi connectivity index (χ1) is 7.39. The predicted octanol–water partition coefficient (Wildman–Crippen LogP) is 0.228. The normalized spacial score (nSPS) is 16.4. The molecule has 1 saturated carbocycles. The van der Waals surface area contributed by atoms with Crippen molar-refractivity contribution in [3.63, 3.8) is 0 Å². The van der Waals surface area contributed by atoms with Gasteiger partial charge in [0.05, 0.1) is 0 Å². The van der Waals surface area contributed by atoms with Gasteiger partial charge in [-0.1, -0.05) is 0 Å². The lowest BCUT2D eigenvalue weighted by molar-refractivity contribution is 0.602.